The van der Waals surface area contributed by atoms with Crippen molar-refractivity contribution in [3.63, 3.8) is 0 Å². The number of rotatable bonds is 0. The number of benzene rings is 2. The average Bonchev–Trinajstić information content (AvgIpc) is 2.30. The first-order valence-electron chi connectivity index (χ1n) is 4.68. The highest BCUT2D eigenvalue weighted by molar-refractivity contribution is 7.24. The van der Waals surface area contributed by atoms with E-state index in [1.54, 1.807) is 11.3 Å². The molecule has 0 bridgehead atoms. The third-order valence-corrected chi connectivity index (χ3v) is 3.52. The zero-order chi connectivity index (χ0) is 10.3. The van der Waals surface area contributed by atoms with E-state index in [1.807, 2.05) is 42.5 Å². The molecule has 1 nitrogen and oxygen atoms in total. The Morgan fingerprint density at radius 3 is 2.73 bits per heavy atom. The van der Waals surface area contributed by atoms with E-state index in [2.05, 4.69) is 6.07 Å². The summed E-state index contributed by atoms with van der Waals surface area (Å²) >= 11 is 1.61. The summed E-state index contributed by atoms with van der Waals surface area (Å²) in [6.45, 7) is 0. The first kappa shape index (κ1) is 8.62. The Balaban J connectivity index is 2.66. The molecule has 0 N–H and O–H groups in total. The Morgan fingerprint density at radius 1 is 1.00 bits per heavy atom. The predicted molar refractivity (Wildman–Crippen MR) is 64.4 cm³/mol. The van der Waals surface area contributed by atoms with E-state index >= 15 is 0 Å². The van der Waals surface area contributed by atoms with Gasteiger partial charge in [-0.3, -0.25) is 4.79 Å². The molecule has 0 unspecified atom stereocenters. The molecule has 0 saturated heterocycles. The largest absolute Gasteiger partial charge is 0.289 e. The van der Waals surface area contributed by atoms with E-state index in [0.717, 1.165) is 20.2 Å². The summed E-state index contributed by atoms with van der Waals surface area (Å²) < 4.78 is 1.96. The average molecular weight is 211 g/mol. The molecule has 71 valence electrons. The third-order valence-electron chi connectivity index (χ3n) is 2.41. The summed E-state index contributed by atoms with van der Waals surface area (Å²) in [6.07, 6.45) is 0. The van der Waals surface area contributed by atoms with Crippen LogP contribution in [-0.2, 0) is 0 Å². The van der Waals surface area contributed by atoms with Crippen LogP contribution in [-0.4, -0.2) is 0 Å². The first-order chi connectivity index (χ1) is 7.36. The predicted octanol–water partition coefficient (Wildman–Crippen LogP) is 3.21. The van der Waals surface area contributed by atoms with Gasteiger partial charge in [-0.25, -0.2) is 0 Å². The molecular formula is C13H7OS. The number of hydrogen-bond acceptors (Lipinski definition) is 2. The highest BCUT2D eigenvalue weighted by Gasteiger charge is 2.03. The van der Waals surface area contributed by atoms with Crippen molar-refractivity contribution in [3.05, 3.63) is 58.8 Å². The van der Waals surface area contributed by atoms with Crippen LogP contribution in [0.15, 0.2) is 47.3 Å². The molecule has 0 amide bonds. The molecule has 3 aromatic rings. The fourth-order valence-electron chi connectivity index (χ4n) is 1.68. The molecular weight excluding hydrogens is 204 g/mol. The molecule has 2 aromatic carbocycles. The fourth-order valence-corrected chi connectivity index (χ4v) is 2.72. The molecule has 1 heterocycles. The van der Waals surface area contributed by atoms with Gasteiger partial charge in [0, 0.05) is 26.2 Å². The molecule has 0 saturated carbocycles. The minimum atomic E-state index is 0.108. The van der Waals surface area contributed by atoms with Gasteiger partial charge >= 0.3 is 0 Å². The van der Waals surface area contributed by atoms with Crippen molar-refractivity contribution in [3.8, 4) is 0 Å². The molecule has 0 atom stereocenters. The molecule has 0 spiro atoms. The smallest absolute Gasteiger partial charge is 0.195 e. The van der Waals surface area contributed by atoms with Crippen molar-refractivity contribution in [2.75, 3.05) is 0 Å². The zero-order valence-corrected chi connectivity index (χ0v) is 8.67. The Morgan fingerprint density at radius 2 is 1.80 bits per heavy atom. The maximum Gasteiger partial charge on any atom is 0.195 e. The maximum absolute atomic E-state index is 12.1. The topological polar surface area (TPSA) is 17.1 Å². The van der Waals surface area contributed by atoms with Crippen LogP contribution in [0.3, 0.4) is 0 Å². The van der Waals surface area contributed by atoms with Gasteiger partial charge in [-0.2, -0.15) is 0 Å². The second-order valence-electron chi connectivity index (χ2n) is 3.34. The Hall–Kier alpha value is -1.67. The SMILES string of the molecule is O=c1c2ccc[c]c2sc2ccccc12. The highest BCUT2D eigenvalue weighted by atomic mass is 32.1. The van der Waals surface area contributed by atoms with Crippen LogP contribution in [0.1, 0.15) is 0 Å². The molecule has 0 aliphatic rings. The Labute approximate surface area is 90.6 Å². The quantitative estimate of drug-likeness (QED) is 0.522. The number of hydrogen-bond donors (Lipinski definition) is 0. The van der Waals surface area contributed by atoms with Crippen molar-refractivity contribution in [2.45, 2.75) is 0 Å². The van der Waals surface area contributed by atoms with Crippen LogP contribution in [0.5, 0.6) is 0 Å². The zero-order valence-electron chi connectivity index (χ0n) is 7.86. The summed E-state index contributed by atoms with van der Waals surface area (Å²) in [5.74, 6) is 0. The number of fused-ring (bicyclic) bond motifs is 2. The van der Waals surface area contributed by atoms with Gasteiger partial charge in [0.1, 0.15) is 0 Å². The van der Waals surface area contributed by atoms with Gasteiger partial charge in [0.05, 0.1) is 0 Å². The van der Waals surface area contributed by atoms with Crippen LogP contribution < -0.4 is 5.43 Å². The monoisotopic (exact) mass is 211 g/mol. The molecule has 15 heavy (non-hydrogen) atoms. The van der Waals surface area contributed by atoms with Crippen molar-refractivity contribution >= 4 is 31.5 Å². The van der Waals surface area contributed by atoms with Gasteiger partial charge < -0.3 is 0 Å². The highest BCUT2D eigenvalue weighted by Crippen LogP contribution is 2.23. The van der Waals surface area contributed by atoms with E-state index in [-0.39, 0.29) is 5.43 Å². The molecule has 0 aliphatic heterocycles. The molecule has 1 aromatic heterocycles. The molecule has 3 rings (SSSR count). The van der Waals surface area contributed by atoms with Crippen LogP contribution in [0, 0.1) is 6.07 Å². The van der Waals surface area contributed by atoms with Gasteiger partial charge in [0.25, 0.3) is 0 Å². The molecule has 2 heteroatoms. The van der Waals surface area contributed by atoms with Gasteiger partial charge in [-0.05, 0) is 18.2 Å². The van der Waals surface area contributed by atoms with E-state index < -0.39 is 0 Å². The van der Waals surface area contributed by atoms with E-state index in [0.29, 0.717) is 0 Å². The van der Waals surface area contributed by atoms with Crippen molar-refractivity contribution in [1.29, 1.82) is 0 Å². The lowest BCUT2D eigenvalue weighted by Gasteiger charge is -1.98. The van der Waals surface area contributed by atoms with E-state index in [1.165, 1.54) is 0 Å². The maximum atomic E-state index is 12.1. The van der Waals surface area contributed by atoms with Crippen molar-refractivity contribution < 1.29 is 0 Å². The lowest BCUT2D eigenvalue weighted by Crippen LogP contribution is -1.99. The summed E-state index contributed by atoms with van der Waals surface area (Å²) in [6, 6.07) is 16.4. The molecule has 0 aliphatic carbocycles. The summed E-state index contributed by atoms with van der Waals surface area (Å²) in [7, 11) is 0. The second kappa shape index (κ2) is 3.17. The first-order valence-corrected chi connectivity index (χ1v) is 5.50. The van der Waals surface area contributed by atoms with Crippen LogP contribution in [0.4, 0.5) is 0 Å². The lowest BCUT2D eigenvalue weighted by atomic mass is 10.2. The standard InChI is InChI=1S/C13H7OS/c14-13-9-5-1-3-7-11(9)15-12-8-4-2-6-10(12)13/h1-7H. The third kappa shape index (κ3) is 1.26. The Kier molecular flexibility index (Phi) is 1.82. The van der Waals surface area contributed by atoms with Crippen molar-refractivity contribution in [2.24, 2.45) is 0 Å². The fraction of sp³-hybridized carbons (Fsp3) is 0. The van der Waals surface area contributed by atoms with Gasteiger partial charge in [0.2, 0.25) is 0 Å². The van der Waals surface area contributed by atoms with Gasteiger partial charge in [0.15, 0.2) is 5.43 Å². The normalized spacial score (nSPS) is 10.9. The summed E-state index contributed by atoms with van der Waals surface area (Å²) in [5.41, 5.74) is 0.108. The minimum Gasteiger partial charge on any atom is -0.289 e. The van der Waals surface area contributed by atoms with Gasteiger partial charge in [-0.1, -0.05) is 24.3 Å². The Bertz CT molecular complexity index is 640. The minimum absolute atomic E-state index is 0.108. The van der Waals surface area contributed by atoms with Crippen molar-refractivity contribution in [1.82, 2.24) is 0 Å². The van der Waals surface area contributed by atoms with Gasteiger partial charge in [-0.15, -0.1) is 11.3 Å². The van der Waals surface area contributed by atoms with Crippen LogP contribution in [0.2, 0.25) is 0 Å². The van der Waals surface area contributed by atoms with E-state index in [4.69, 9.17) is 0 Å². The lowest BCUT2D eigenvalue weighted by molar-refractivity contribution is 1.74. The van der Waals surface area contributed by atoms with E-state index in [9.17, 15) is 4.79 Å². The summed E-state index contributed by atoms with van der Waals surface area (Å²) in [4.78, 5) is 12.1. The summed E-state index contributed by atoms with van der Waals surface area (Å²) in [5, 5.41) is 1.57. The molecule has 0 fully saturated rings. The van der Waals surface area contributed by atoms with Crippen LogP contribution >= 0.6 is 11.3 Å². The second-order valence-corrected chi connectivity index (χ2v) is 4.39. The molecule has 1 radical (unpaired) electrons. The van der Waals surface area contributed by atoms with Crippen LogP contribution in [0.25, 0.3) is 20.2 Å².